The van der Waals surface area contributed by atoms with Crippen molar-refractivity contribution in [2.24, 2.45) is 5.73 Å². The third-order valence-electron chi connectivity index (χ3n) is 2.53. The van der Waals surface area contributed by atoms with Crippen LogP contribution in [-0.4, -0.2) is 31.7 Å². The van der Waals surface area contributed by atoms with Crippen molar-refractivity contribution in [1.29, 1.82) is 0 Å². The van der Waals surface area contributed by atoms with Gasteiger partial charge in [0.15, 0.2) is 9.84 Å². The van der Waals surface area contributed by atoms with Crippen LogP contribution in [-0.2, 0) is 14.6 Å². The summed E-state index contributed by atoms with van der Waals surface area (Å²) in [5, 5.41) is 3.76. The zero-order valence-corrected chi connectivity index (χ0v) is 10.4. The second-order valence-corrected chi connectivity index (χ2v) is 6.34. The molecule has 16 heavy (non-hydrogen) atoms. The first kappa shape index (κ1) is 13.2. The number of hydrogen-bond donors (Lipinski definition) is 2. The number of nitrogens with one attached hydrogen (secondary N) is 1. The Morgan fingerprint density at radius 3 is 2.69 bits per heavy atom. The summed E-state index contributed by atoms with van der Waals surface area (Å²) in [6.45, 7) is 3.59. The summed E-state index contributed by atoms with van der Waals surface area (Å²) in [6, 6.07) is -0.447. The molecule has 0 aromatic heterocycles. The Hall–Kier alpha value is -0.880. The minimum absolute atomic E-state index is 0.0685. The molecule has 2 atom stereocenters. The van der Waals surface area contributed by atoms with Crippen LogP contribution in [0.5, 0.6) is 0 Å². The first-order valence-corrected chi connectivity index (χ1v) is 6.99. The lowest BCUT2D eigenvalue weighted by Gasteiger charge is -2.24. The quantitative estimate of drug-likeness (QED) is 0.726. The molecule has 1 amide bonds. The summed E-state index contributed by atoms with van der Waals surface area (Å²) in [7, 11) is -3.13. The van der Waals surface area contributed by atoms with Gasteiger partial charge in [0.1, 0.15) is 0 Å². The van der Waals surface area contributed by atoms with Crippen LogP contribution in [0.1, 0.15) is 26.7 Å². The minimum atomic E-state index is -3.13. The molecule has 0 saturated carbocycles. The van der Waals surface area contributed by atoms with E-state index in [1.807, 2.05) is 6.92 Å². The highest BCUT2D eigenvalue weighted by Gasteiger charge is 2.31. The van der Waals surface area contributed by atoms with E-state index in [9.17, 15) is 13.2 Å². The molecule has 1 aliphatic heterocycles. The first-order valence-electron chi connectivity index (χ1n) is 5.27. The number of carbonyl (C=O) groups excluding carboxylic acids is 1. The van der Waals surface area contributed by atoms with Gasteiger partial charge in [-0.1, -0.05) is 13.3 Å². The molecule has 2 unspecified atom stereocenters. The van der Waals surface area contributed by atoms with Gasteiger partial charge in [0.05, 0.1) is 17.3 Å². The molecule has 1 heterocycles. The highest BCUT2D eigenvalue weighted by Crippen LogP contribution is 2.12. The van der Waals surface area contributed by atoms with E-state index in [0.717, 1.165) is 11.8 Å². The maximum Gasteiger partial charge on any atom is 0.240 e. The molecule has 3 N–H and O–H groups in total. The highest BCUT2D eigenvalue weighted by atomic mass is 32.2. The first-order chi connectivity index (χ1) is 7.27. The summed E-state index contributed by atoms with van der Waals surface area (Å²) in [5.41, 5.74) is 4.90. The molecule has 1 rings (SSSR count). The lowest BCUT2D eigenvalue weighted by molar-refractivity contribution is -0.126. The van der Waals surface area contributed by atoms with Crippen LogP contribution in [0.4, 0.5) is 0 Å². The van der Waals surface area contributed by atoms with E-state index in [-0.39, 0.29) is 11.7 Å². The van der Waals surface area contributed by atoms with Crippen LogP contribution in [0.2, 0.25) is 0 Å². The molecule has 1 aliphatic rings. The second-order valence-electron chi connectivity index (χ2n) is 4.41. The van der Waals surface area contributed by atoms with Gasteiger partial charge in [0.2, 0.25) is 5.91 Å². The molecule has 0 saturated heterocycles. The molecule has 0 spiro atoms. The Balaban J connectivity index is 2.57. The Morgan fingerprint density at radius 2 is 2.25 bits per heavy atom. The van der Waals surface area contributed by atoms with E-state index < -0.39 is 21.4 Å². The summed E-state index contributed by atoms with van der Waals surface area (Å²) < 4.78 is 22.3. The molecule has 92 valence electrons. The number of amides is 1. The monoisotopic (exact) mass is 246 g/mol. The Kier molecular flexibility index (Phi) is 3.75. The molecule has 6 heteroatoms. The van der Waals surface area contributed by atoms with Gasteiger partial charge in [-0.25, -0.2) is 8.42 Å². The van der Waals surface area contributed by atoms with Crippen LogP contribution < -0.4 is 11.1 Å². The van der Waals surface area contributed by atoms with E-state index in [4.69, 9.17) is 5.73 Å². The van der Waals surface area contributed by atoms with Crippen molar-refractivity contribution in [3.63, 3.8) is 0 Å². The van der Waals surface area contributed by atoms with Crippen LogP contribution in [0.15, 0.2) is 11.5 Å². The molecule has 0 aromatic rings. The van der Waals surface area contributed by atoms with Gasteiger partial charge in [-0.15, -0.1) is 0 Å². The number of hydrogen-bond acceptors (Lipinski definition) is 4. The van der Waals surface area contributed by atoms with Gasteiger partial charge >= 0.3 is 0 Å². The number of rotatable bonds is 4. The van der Waals surface area contributed by atoms with Gasteiger partial charge in [0, 0.05) is 5.41 Å². The normalized spacial score (nSPS) is 26.3. The predicted octanol–water partition coefficient (Wildman–Crippen LogP) is -0.0692. The molecular formula is C10H18N2O3S. The highest BCUT2D eigenvalue weighted by molar-refractivity contribution is 7.94. The van der Waals surface area contributed by atoms with Crippen molar-refractivity contribution in [3.05, 3.63) is 11.5 Å². The molecule has 0 aliphatic carbocycles. The minimum Gasteiger partial charge on any atom is -0.347 e. The lowest BCUT2D eigenvalue weighted by Crippen LogP contribution is -2.54. The van der Waals surface area contributed by atoms with Gasteiger partial charge in [0.25, 0.3) is 0 Å². The smallest absolute Gasteiger partial charge is 0.240 e. The fourth-order valence-corrected chi connectivity index (χ4v) is 2.87. The number of carbonyl (C=O) groups is 1. The Morgan fingerprint density at radius 1 is 1.62 bits per heavy atom. The molecule has 5 nitrogen and oxygen atoms in total. The maximum atomic E-state index is 11.8. The third kappa shape index (κ3) is 3.31. The van der Waals surface area contributed by atoms with E-state index in [0.29, 0.717) is 6.42 Å². The summed E-state index contributed by atoms with van der Waals surface area (Å²) in [4.78, 5) is 11.8. The van der Waals surface area contributed by atoms with E-state index in [2.05, 4.69) is 5.32 Å². The fourth-order valence-electron chi connectivity index (χ4n) is 1.63. The van der Waals surface area contributed by atoms with Gasteiger partial charge in [-0.2, -0.15) is 0 Å². The lowest BCUT2D eigenvalue weighted by atomic mass is 9.96. The van der Waals surface area contributed by atoms with Crippen LogP contribution in [0.25, 0.3) is 0 Å². The zero-order chi connectivity index (χ0) is 12.4. The van der Waals surface area contributed by atoms with Crippen LogP contribution in [0.3, 0.4) is 0 Å². The molecule has 0 aromatic carbocycles. The van der Waals surface area contributed by atoms with E-state index in [1.54, 1.807) is 6.92 Å². The zero-order valence-electron chi connectivity index (χ0n) is 9.56. The van der Waals surface area contributed by atoms with Crippen molar-refractivity contribution in [3.8, 4) is 0 Å². The second kappa shape index (κ2) is 4.55. The van der Waals surface area contributed by atoms with E-state index >= 15 is 0 Å². The molecule has 0 fully saturated rings. The summed E-state index contributed by atoms with van der Waals surface area (Å²) >= 11 is 0. The van der Waals surface area contributed by atoms with Gasteiger partial charge in [-0.05, 0) is 19.4 Å². The standard InChI is InChI=1S/C10H18N2O3S/c1-3-5-10(2,11)9(13)12-8-4-6-16(14,15)7-8/h4,6,8H,3,5,7,11H2,1-2H3,(H,12,13). The third-order valence-corrected chi connectivity index (χ3v) is 3.93. The molecule has 0 bridgehead atoms. The van der Waals surface area contributed by atoms with Gasteiger partial charge < -0.3 is 11.1 Å². The van der Waals surface area contributed by atoms with Crippen LogP contribution in [0, 0.1) is 0 Å². The predicted molar refractivity (Wildman–Crippen MR) is 62.4 cm³/mol. The summed E-state index contributed by atoms with van der Waals surface area (Å²) in [6.07, 6.45) is 2.86. The molecule has 0 radical (unpaired) electrons. The Bertz CT molecular complexity index is 398. The van der Waals surface area contributed by atoms with Crippen molar-refractivity contribution in [2.75, 3.05) is 5.75 Å². The van der Waals surface area contributed by atoms with Crippen LogP contribution >= 0.6 is 0 Å². The van der Waals surface area contributed by atoms with Crippen molar-refractivity contribution in [1.82, 2.24) is 5.32 Å². The van der Waals surface area contributed by atoms with Crippen molar-refractivity contribution >= 4 is 15.7 Å². The number of sulfone groups is 1. The molecular weight excluding hydrogens is 228 g/mol. The number of nitrogens with two attached hydrogens (primary N) is 1. The summed E-state index contributed by atoms with van der Waals surface area (Å²) in [5.74, 6) is -0.373. The SMILES string of the molecule is CCCC(C)(N)C(=O)NC1C=CS(=O)(=O)C1. The largest absolute Gasteiger partial charge is 0.347 e. The van der Waals surface area contributed by atoms with E-state index in [1.165, 1.54) is 6.08 Å². The average molecular weight is 246 g/mol. The van der Waals surface area contributed by atoms with Crippen molar-refractivity contribution in [2.45, 2.75) is 38.3 Å². The maximum absolute atomic E-state index is 11.8. The van der Waals surface area contributed by atoms with Gasteiger partial charge in [-0.3, -0.25) is 4.79 Å². The topological polar surface area (TPSA) is 89.3 Å². The Labute approximate surface area is 96.0 Å². The average Bonchev–Trinajstić information content (AvgIpc) is 2.45. The van der Waals surface area contributed by atoms with Crippen molar-refractivity contribution < 1.29 is 13.2 Å². The fraction of sp³-hybridized carbons (Fsp3) is 0.700.